The number of hydrogen-bond donors (Lipinski definition) is 1. The molecule has 1 aliphatic heterocycles. The summed E-state index contributed by atoms with van der Waals surface area (Å²) in [5.74, 6) is 0.103. The molecular weight excluding hydrogens is 314 g/mol. The Bertz CT molecular complexity index is 990. The average molecular weight is 335 g/mol. The van der Waals surface area contributed by atoms with Crippen molar-refractivity contribution in [1.82, 2.24) is 4.90 Å². The Labute approximate surface area is 146 Å². The third-order valence-electron chi connectivity index (χ3n) is 4.98. The van der Waals surface area contributed by atoms with Gasteiger partial charge in [0.2, 0.25) is 0 Å². The van der Waals surface area contributed by atoms with Gasteiger partial charge in [-0.2, -0.15) is 0 Å². The highest BCUT2D eigenvalue weighted by atomic mass is 16.4. The molecule has 1 N–H and O–H groups in total. The molecule has 0 atom stereocenters. The maximum atomic E-state index is 11.9. The van der Waals surface area contributed by atoms with Crippen LogP contribution in [0, 0.1) is 0 Å². The van der Waals surface area contributed by atoms with Crippen molar-refractivity contribution >= 4 is 11.0 Å². The van der Waals surface area contributed by atoms with Gasteiger partial charge in [0.1, 0.15) is 11.3 Å². The van der Waals surface area contributed by atoms with Crippen molar-refractivity contribution in [1.29, 1.82) is 0 Å². The van der Waals surface area contributed by atoms with Gasteiger partial charge in [0.05, 0.1) is 0 Å². The molecule has 0 unspecified atom stereocenters. The van der Waals surface area contributed by atoms with E-state index in [-0.39, 0.29) is 11.4 Å². The maximum Gasteiger partial charge on any atom is 0.336 e. The maximum absolute atomic E-state index is 11.9. The number of hydrogen-bond acceptors (Lipinski definition) is 4. The number of fused-ring (bicyclic) bond motifs is 2. The molecule has 2 heterocycles. The first-order valence-electron chi connectivity index (χ1n) is 8.71. The number of phenolic OH excluding ortho intramolecular Hbond substituents is 1. The van der Waals surface area contributed by atoms with E-state index >= 15 is 0 Å². The zero-order valence-electron chi connectivity index (χ0n) is 14.3. The van der Waals surface area contributed by atoms with Crippen molar-refractivity contribution in [3.63, 3.8) is 0 Å². The van der Waals surface area contributed by atoms with Crippen LogP contribution in [0.15, 0.2) is 51.7 Å². The lowest BCUT2D eigenvalue weighted by molar-refractivity contribution is 0.246. The Morgan fingerprint density at radius 1 is 1.12 bits per heavy atom. The number of benzene rings is 2. The van der Waals surface area contributed by atoms with E-state index < -0.39 is 0 Å². The van der Waals surface area contributed by atoms with Crippen molar-refractivity contribution in [2.75, 3.05) is 6.54 Å². The van der Waals surface area contributed by atoms with Crippen molar-refractivity contribution < 1.29 is 9.52 Å². The summed E-state index contributed by atoms with van der Waals surface area (Å²) in [7, 11) is 0. The van der Waals surface area contributed by atoms with E-state index in [0.717, 1.165) is 36.9 Å². The van der Waals surface area contributed by atoms with Gasteiger partial charge in [-0.05, 0) is 47.2 Å². The summed E-state index contributed by atoms with van der Waals surface area (Å²) in [6.45, 7) is 4.74. The summed E-state index contributed by atoms with van der Waals surface area (Å²) in [6, 6.07) is 13.3. The SMILES string of the molecule is CCc1ccc2c(c1)CCN(Cc1cc(=O)oc3cc(O)ccc13)C2. The minimum atomic E-state index is -0.377. The van der Waals surface area contributed by atoms with Gasteiger partial charge in [0.25, 0.3) is 0 Å². The van der Waals surface area contributed by atoms with Gasteiger partial charge in [-0.25, -0.2) is 4.79 Å². The largest absolute Gasteiger partial charge is 0.508 e. The number of rotatable bonds is 3. The first kappa shape index (κ1) is 15.9. The van der Waals surface area contributed by atoms with E-state index in [1.54, 1.807) is 12.1 Å². The quantitative estimate of drug-likeness (QED) is 0.743. The first-order chi connectivity index (χ1) is 12.1. The van der Waals surface area contributed by atoms with Crippen LogP contribution in [-0.2, 0) is 25.9 Å². The molecule has 3 aromatic rings. The standard InChI is InChI=1S/C21H21NO3/c1-2-14-3-4-16-12-22(8-7-15(16)9-14)13-17-10-21(24)25-20-11-18(23)5-6-19(17)20/h3-6,9-11,23H,2,7-8,12-13H2,1H3. The molecule has 0 bridgehead atoms. The van der Waals surface area contributed by atoms with Gasteiger partial charge in [-0.1, -0.05) is 25.1 Å². The fourth-order valence-electron chi connectivity index (χ4n) is 3.61. The van der Waals surface area contributed by atoms with E-state index in [9.17, 15) is 9.90 Å². The third-order valence-corrected chi connectivity index (χ3v) is 4.98. The Balaban J connectivity index is 1.63. The molecule has 4 nitrogen and oxygen atoms in total. The lowest BCUT2D eigenvalue weighted by Crippen LogP contribution is -2.30. The van der Waals surface area contributed by atoms with Crippen LogP contribution < -0.4 is 5.63 Å². The second-order valence-corrected chi connectivity index (χ2v) is 6.69. The number of nitrogens with zero attached hydrogens (tertiary/aromatic N) is 1. The lowest BCUT2D eigenvalue weighted by Gasteiger charge is -2.29. The highest BCUT2D eigenvalue weighted by molar-refractivity contribution is 5.81. The van der Waals surface area contributed by atoms with Crippen LogP contribution in [-0.4, -0.2) is 16.6 Å². The Hall–Kier alpha value is -2.59. The summed E-state index contributed by atoms with van der Waals surface area (Å²) >= 11 is 0. The van der Waals surface area contributed by atoms with Gasteiger partial charge < -0.3 is 9.52 Å². The normalized spacial score (nSPS) is 14.6. The molecule has 0 saturated carbocycles. The van der Waals surface area contributed by atoms with Crippen LogP contribution in [0.1, 0.15) is 29.2 Å². The minimum absolute atomic E-state index is 0.103. The van der Waals surface area contributed by atoms with Crippen LogP contribution in [0.2, 0.25) is 0 Å². The van der Waals surface area contributed by atoms with Crippen LogP contribution in [0.5, 0.6) is 5.75 Å². The van der Waals surface area contributed by atoms with Crippen molar-refractivity contribution in [2.24, 2.45) is 0 Å². The average Bonchev–Trinajstić information content (AvgIpc) is 2.60. The molecule has 4 heteroatoms. The molecular formula is C21H21NO3. The number of aromatic hydroxyl groups is 1. The molecule has 0 aliphatic carbocycles. The molecule has 0 radical (unpaired) electrons. The van der Waals surface area contributed by atoms with E-state index in [4.69, 9.17) is 4.42 Å². The summed E-state index contributed by atoms with van der Waals surface area (Å²) in [5, 5.41) is 10.5. The lowest BCUT2D eigenvalue weighted by atomic mass is 9.96. The van der Waals surface area contributed by atoms with Crippen LogP contribution >= 0.6 is 0 Å². The fraction of sp³-hybridized carbons (Fsp3) is 0.286. The van der Waals surface area contributed by atoms with Gasteiger partial charge in [0, 0.05) is 37.2 Å². The molecule has 25 heavy (non-hydrogen) atoms. The monoisotopic (exact) mass is 335 g/mol. The smallest absolute Gasteiger partial charge is 0.336 e. The first-order valence-corrected chi connectivity index (χ1v) is 8.71. The molecule has 128 valence electrons. The molecule has 1 aliphatic rings. The third kappa shape index (κ3) is 3.17. The van der Waals surface area contributed by atoms with E-state index in [1.165, 1.54) is 22.8 Å². The van der Waals surface area contributed by atoms with E-state index in [2.05, 4.69) is 30.0 Å². The van der Waals surface area contributed by atoms with Crippen molar-refractivity contribution in [2.45, 2.75) is 32.9 Å². The van der Waals surface area contributed by atoms with Crippen molar-refractivity contribution in [3.05, 3.63) is 75.1 Å². The number of aryl methyl sites for hydroxylation is 1. The molecule has 1 aromatic heterocycles. The van der Waals surface area contributed by atoms with Gasteiger partial charge in [-0.15, -0.1) is 0 Å². The van der Waals surface area contributed by atoms with Crippen LogP contribution in [0.3, 0.4) is 0 Å². The second kappa shape index (κ2) is 6.37. The summed E-state index contributed by atoms with van der Waals surface area (Å²) in [5.41, 5.74) is 5.20. The predicted molar refractivity (Wildman–Crippen MR) is 97.8 cm³/mol. The van der Waals surface area contributed by atoms with Crippen molar-refractivity contribution in [3.8, 4) is 5.75 Å². The molecule has 2 aromatic carbocycles. The highest BCUT2D eigenvalue weighted by Crippen LogP contribution is 2.26. The molecule has 0 spiro atoms. The second-order valence-electron chi connectivity index (χ2n) is 6.69. The predicted octanol–water partition coefficient (Wildman–Crippen LogP) is 3.62. The minimum Gasteiger partial charge on any atom is -0.508 e. The van der Waals surface area contributed by atoms with E-state index in [1.807, 2.05) is 6.07 Å². The topological polar surface area (TPSA) is 53.7 Å². The van der Waals surface area contributed by atoms with Gasteiger partial charge in [-0.3, -0.25) is 4.90 Å². The summed E-state index contributed by atoms with van der Waals surface area (Å²) in [6.07, 6.45) is 2.10. The Morgan fingerprint density at radius 3 is 2.84 bits per heavy atom. The highest BCUT2D eigenvalue weighted by Gasteiger charge is 2.18. The van der Waals surface area contributed by atoms with E-state index in [0.29, 0.717) is 12.1 Å². The molecule has 0 amide bonds. The summed E-state index contributed by atoms with van der Waals surface area (Å²) < 4.78 is 5.22. The van der Waals surface area contributed by atoms with Crippen LogP contribution in [0.4, 0.5) is 0 Å². The Kier molecular flexibility index (Phi) is 4.06. The Morgan fingerprint density at radius 2 is 2.00 bits per heavy atom. The van der Waals surface area contributed by atoms with Crippen LogP contribution in [0.25, 0.3) is 11.0 Å². The van der Waals surface area contributed by atoms with Gasteiger partial charge >= 0.3 is 5.63 Å². The molecule has 4 rings (SSSR count). The van der Waals surface area contributed by atoms with Gasteiger partial charge in [0.15, 0.2) is 0 Å². The molecule has 0 fully saturated rings. The fourth-order valence-corrected chi connectivity index (χ4v) is 3.61. The number of phenols is 1. The zero-order chi connectivity index (χ0) is 17.4. The zero-order valence-corrected chi connectivity index (χ0v) is 14.3. The summed E-state index contributed by atoms with van der Waals surface area (Å²) in [4.78, 5) is 14.2. The molecule has 0 saturated heterocycles.